The molecule has 2 bridgehead atoms. The Bertz CT molecular complexity index is 856. The van der Waals surface area contributed by atoms with Crippen molar-refractivity contribution < 1.29 is 14.3 Å². The summed E-state index contributed by atoms with van der Waals surface area (Å²) < 4.78 is 6.10. The number of imide groups is 1. The van der Waals surface area contributed by atoms with Crippen molar-refractivity contribution in [2.24, 2.45) is 11.8 Å². The molecule has 1 saturated heterocycles. The van der Waals surface area contributed by atoms with Crippen LogP contribution in [-0.2, 0) is 19.9 Å². The van der Waals surface area contributed by atoms with Gasteiger partial charge in [0.25, 0.3) is 0 Å². The Kier molecular flexibility index (Phi) is 2.52. The maximum absolute atomic E-state index is 12.9. The maximum Gasteiger partial charge on any atom is 0.236 e. The van der Waals surface area contributed by atoms with Crippen LogP contribution in [0.15, 0.2) is 48.5 Å². The Morgan fingerprint density at radius 1 is 0.917 bits per heavy atom. The molecule has 1 aliphatic heterocycles. The van der Waals surface area contributed by atoms with Gasteiger partial charge in [-0.05, 0) is 22.3 Å². The molecule has 4 nitrogen and oxygen atoms in total. The van der Waals surface area contributed by atoms with E-state index in [0.29, 0.717) is 0 Å². The molecule has 0 N–H and O–H groups in total. The van der Waals surface area contributed by atoms with Gasteiger partial charge in [-0.3, -0.25) is 14.5 Å². The van der Waals surface area contributed by atoms with Gasteiger partial charge in [-0.1, -0.05) is 48.5 Å². The Morgan fingerprint density at radius 3 is 2.00 bits per heavy atom. The predicted molar refractivity (Wildman–Crippen MR) is 87.3 cm³/mol. The number of carbonyl (C=O) groups is 2. The molecule has 1 fully saturated rings. The molecule has 6 rings (SSSR count). The Morgan fingerprint density at radius 2 is 1.46 bits per heavy atom. The van der Waals surface area contributed by atoms with Crippen LogP contribution in [0, 0.1) is 11.8 Å². The fourth-order valence-corrected chi connectivity index (χ4v) is 5.19. The van der Waals surface area contributed by atoms with Crippen molar-refractivity contribution in [2.75, 3.05) is 14.2 Å². The molecule has 4 heteroatoms. The summed E-state index contributed by atoms with van der Waals surface area (Å²) in [5.41, 5.74) is 3.37. The van der Waals surface area contributed by atoms with Gasteiger partial charge in [0.2, 0.25) is 11.8 Å². The molecule has 2 atom stereocenters. The van der Waals surface area contributed by atoms with Gasteiger partial charge in [0.15, 0.2) is 0 Å². The van der Waals surface area contributed by atoms with Gasteiger partial charge in [-0.25, -0.2) is 0 Å². The van der Waals surface area contributed by atoms with E-state index in [1.54, 1.807) is 14.2 Å². The Hall–Kier alpha value is -2.46. The number of nitrogens with zero attached hydrogens (tertiary/aromatic N) is 1. The SMILES string of the molecule is COC12c3ccccc3C(c3ccccc31)[C@H]1C(=O)N(C)C(=O)[C@H]12. The quantitative estimate of drug-likeness (QED) is 0.758. The second-order valence-electron chi connectivity index (χ2n) is 6.83. The van der Waals surface area contributed by atoms with Gasteiger partial charge in [0.05, 0.1) is 11.8 Å². The van der Waals surface area contributed by atoms with Gasteiger partial charge in [-0.15, -0.1) is 0 Å². The summed E-state index contributed by atoms with van der Waals surface area (Å²) in [6, 6.07) is 16.1. The van der Waals surface area contributed by atoms with Crippen molar-refractivity contribution >= 4 is 11.8 Å². The van der Waals surface area contributed by atoms with Crippen LogP contribution < -0.4 is 0 Å². The van der Waals surface area contributed by atoms with E-state index < -0.39 is 11.5 Å². The molecule has 0 unspecified atom stereocenters. The third-order valence-corrected chi connectivity index (χ3v) is 6.08. The summed E-state index contributed by atoms with van der Waals surface area (Å²) in [6.07, 6.45) is 0. The first kappa shape index (κ1) is 13.9. The number of methoxy groups -OCH3 is 1. The fourth-order valence-electron chi connectivity index (χ4n) is 5.19. The highest BCUT2D eigenvalue weighted by Gasteiger charge is 2.68. The third-order valence-electron chi connectivity index (χ3n) is 6.08. The second-order valence-corrected chi connectivity index (χ2v) is 6.83. The molecular formula is C20H17NO3. The first-order chi connectivity index (χ1) is 11.6. The standard InChI is InChI=1S/C20H17NO3/c1-21-18(22)16-15-11-7-3-5-9-13(11)20(24-2,17(16)19(21)23)14-10-6-4-8-12(14)15/h3-10,15-17H,1-2H3/t15?,16-,17+,20?/m1/s1. The van der Waals surface area contributed by atoms with E-state index >= 15 is 0 Å². The number of likely N-dealkylation sites (tertiary alicyclic amines) is 1. The van der Waals surface area contributed by atoms with E-state index in [4.69, 9.17) is 4.74 Å². The number of benzene rings is 2. The first-order valence-corrected chi connectivity index (χ1v) is 8.18. The number of hydrogen-bond donors (Lipinski definition) is 0. The second kappa shape index (κ2) is 4.33. The third kappa shape index (κ3) is 1.28. The lowest BCUT2D eigenvalue weighted by Crippen LogP contribution is -2.54. The normalized spacial score (nSPS) is 32.6. The minimum absolute atomic E-state index is 0.0826. The molecule has 0 spiro atoms. The summed E-state index contributed by atoms with van der Waals surface area (Å²) in [6.45, 7) is 0. The van der Waals surface area contributed by atoms with E-state index in [1.807, 2.05) is 36.4 Å². The average Bonchev–Trinajstić information content (AvgIpc) is 2.87. The van der Waals surface area contributed by atoms with Crippen LogP contribution in [0.25, 0.3) is 0 Å². The maximum atomic E-state index is 12.9. The van der Waals surface area contributed by atoms with E-state index in [1.165, 1.54) is 4.90 Å². The van der Waals surface area contributed by atoms with Crippen LogP contribution in [0.2, 0.25) is 0 Å². The van der Waals surface area contributed by atoms with Crippen molar-refractivity contribution in [1.29, 1.82) is 0 Å². The molecule has 1 heterocycles. The zero-order valence-electron chi connectivity index (χ0n) is 13.5. The molecule has 0 aromatic heterocycles. The van der Waals surface area contributed by atoms with Crippen LogP contribution >= 0.6 is 0 Å². The van der Waals surface area contributed by atoms with Gasteiger partial charge in [0, 0.05) is 20.1 Å². The monoisotopic (exact) mass is 319 g/mol. The lowest BCUT2D eigenvalue weighted by Gasteiger charge is -2.53. The average molecular weight is 319 g/mol. The van der Waals surface area contributed by atoms with Crippen LogP contribution in [-0.4, -0.2) is 30.9 Å². The summed E-state index contributed by atoms with van der Waals surface area (Å²) >= 11 is 0. The number of hydrogen-bond acceptors (Lipinski definition) is 3. The topological polar surface area (TPSA) is 46.6 Å². The van der Waals surface area contributed by atoms with Gasteiger partial charge < -0.3 is 4.74 Å². The smallest absolute Gasteiger partial charge is 0.236 e. The molecule has 24 heavy (non-hydrogen) atoms. The molecular weight excluding hydrogens is 302 g/mol. The number of ether oxygens (including phenoxy) is 1. The zero-order chi connectivity index (χ0) is 16.6. The lowest BCUT2D eigenvalue weighted by molar-refractivity contribution is -0.142. The highest BCUT2D eigenvalue weighted by molar-refractivity contribution is 6.07. The van der Waals surface area contributed by atoms with E-state index in [2.05, 4.69) is 12.1 Å². The largest absolute Gasteiger partial charge is 0.368 e. The van der Waals surface area contributed by atoms with E-state index in [9.17, 15) is 9.59 Å². The Labute approximate surface area is 140 Å². The number of rotatable bonds is 1. The first-order valence-electron chi connectivity index (χ1n) is 8.18. The van der Waals surface area contributed by atoms with Gasteiger partial charge in [0.1, 0.15) is 5.60 Å². The molecule has 2 aromatic carbocycles. The van der Waals surface area contributed by atoms with Crippen LogP contribution in [0.3, 0.4) is 0 Å². The molecule has 2 aromatic rings. The molecule has 3 aliphatic carbocycles. The van der Waals surface area contributed by atoms with E-state index in [-0.39, 0.29) is 23.7 Å². The van der Waals surface area contributed by atoms with Crippen LogP contribution in [0.1, 0.15) is 28.2 Å². The predicted octanol–water partition coefficient (Wildman–Crippen LogP) is 2.27. The van der Waals surface area contributed by atoms with Crippen molar-refractivity contribution in [3.63, 3.8) is 0 Å². The van der Waals surface area contributed by atoms with E-state index in [0.717, 1.165) is 22.3 Å². The zero-order valence-corrected chi connectivity index (χ0v) is 13.5. The Balaban J connectivity index is 1.94. The van der Waals surface area contributed by atoms with Crippen LogP contribution in [0.5, 0.6) is 0 Å². The lowest BCUT2D eigenvalue weighted by atomic mass is 9.52. The van der Waals surface area contributed by atoms with Gasteiger partial charge >= 0.3 is 0 Å². The summed E-state index contributed by atoms with van der Waals surface area (Å²) in [7, 11) is 3.23. The van der Waals surface area contributed by atoms with Crippen molar-refractivity contribution in [2.45, 2.75) is 11.5 Å². The highest BCUT2D eigenvalue weighted by atomic mass is 16.5. The molecule has 2 amide bonds. The van der Waals surface area contributed by atoms with Crippen molar-refractivity contribution in [3.05, 3.63) is 70.8 Å². The van der Waals surface area contributed by atoms with Gasteiger partial charge in [-0.2, -0.15) is 0 Å². The molecule has 0 radical (unpaired) electrons. The van der Waals surface area contributed by atoms with Crippen molar-refractivity contribution in [3.8, 4) is 0 Å². The molecule has 0 saturated carbocycles. The minimum Gasteiger partial charge on any atom is -0.368 e. The number of carbonyl (C=O) groups excluding carboxylic acids is 2. The fraction of sp³-hybridized carbons (Fsp3) is 0.300. The van der Waals surface area contributed by atoms with Crippen molar-refractivity contribution in [1.82, 2.24) is 4.90 Å². The minimum atomic E-state index is -0.885. The molecule has 120 valence electrons. The number of amides is 2. The highest BCUT2D eigenvalue weighted by Crippen LogP contribution is 2.63. The van der Waals surface area contributed by atoms with Crippen LogP contribution in [0.4, 0.5) is 0 Å². The molecule has 4 aliphatic rings. The summed E-state index contributed by atoms with van der Waals surface area (Å²) in [4.78, 5) is 27.1. The summed E-state index contributed by atoms with van der Waals surface area (Å²) in [5, 5.41) is 0. The summed E-state index contributed by atoms with van der Waals surface area (Å²) in [5.74, 6) is -1.19.